The SMILES string of the molecule is CCc1ccc(-n2c(C)cc(/C=C3\SC(=S)NC3=O)c2C)cc1. The second-order valence-corrected chi connectivity index (χ2v) is 7.25. The van der Waals surface area contributed by atoms with E-state index in [4.69, 9.17) is 12.2 Å². The van der Waals surface area contributed by atoms with E-state index in [2.05, 4.69) is 61.0 Å². The molecule has 0 aliphatic carbocycles. The molecule has 1 aromatic heterocycles. The van der Waals surface area contributed by atoms with Crippen LogP contribution in [0, 0.1) is 13.8 Å². The Morgan fingerprint density at radius 1 is 1.26 bits per heavy atom. The van der Waals surface area contributed by atoms with Gasteiger partial charge in [0.25, 0.3) is 5.91 Å². The zero-order valence-electron chi connectivity index (χ0n) is 13.3. The van der Waals surface area contributed by atoms with Crippen LogP contribution < -0.4 is 5.32 Å². The zero-order chi connectivity index (χ0) is 16.6. The molecule has 1 aromatic carbocycles. The van der Waals surface area contributed by atoms with Gasteiger partial charge in [-0.3, -0.25) is 4.79 Å². The van der Waals surface area contributed by atoms with Crippen molar-refractivity contribution in [1.29, 1.82) is 0 Å². The van der Waals surface area contributed by atoms with Crippen molar-refractivity contribution < 1.29 is 4.79 Å². The van der Waals surface area contributed by atoms with Gasteiger partial charge < -0.3 is 9.88 Å². The van der Waals surface area contributed by atoms with E-state index in [0.717, 1.165) is 29.1 Å². The Balaban J connectivity index is 2.01. The first-order valence-electron chi connectivity index (χ1n) is 7.52. The molecule has 1 saturated heterocycles. The minimum Gasteiger partial charge on any atom is -0.318 e. The van der Waals surface area contributed by atoms with E-state index < -0.39 is 0 Å². The van der Waals surface area contributed by atoms with Gasteiger partial charge in [-0.2, -0.15) is 0 Å². The molecule has 118 valence electrons. The number of rotatable bonds is 3. The first-order chi connectivity index (χ1) is 11.0. The number of carbonyl (C=O) groups excluding carboxylic acids is 1. The van der Waals surface area contributed by atoms with Gasteiger partial charge in [-0.05, 0) is 55.7 Å². The molecule has 2 aromatic rings. The number of thioether (sulfide) groups is 1. The van der Waals surface area contributed by atoms with Crippen LogP contribution >= 0.6 is 24.0 Å². The van der Waals surface area contributed by atoms with Crippen molar-refractivity contribution in [2.45, 2.75) is 27.2 Å². The van der Waals surface area contributed by atoms with E-state index >= 15 is 0 Å². The van der Waals surface area contributed by atoms with Crippen LogP contribution in [0.2, 0.25) is 0 Å². The third kappa shape index (κ3) is 3.12. The third-order valence-electron chi connectivity index (χ3n) is 4.00. The second-order valence-electron chi connectivity index (χ2n) is 5.53. The summed E-state index contributed by atoms with van der Waals surface area (Å²) in [5.74, 6) is -0.114. The lowest BCUT2D eigenvalue weighted by Crippen LogP contribution is -2.17. The number of amides is 1. The summed E-state index contributed by atoms with van der Waals surface area (Å²) in [6, 6.07) is 10.7. The summed E-state index contributed by atoms with van der Waals surface area (Å²) in [5.41, 5.74) is 5.77. The van der Waals surface area contributed by atoms with Crippen LogP contribution in [0.1, 0.15) is 29.4 Å². The van der Waals surface area contributed by atoms with E-state index in [1.807, 2.05) is 6.08 Å². The maximum atomic E-state index is 11.8. The van der Waals surface area contributed by atoms with Crippen LogP contribution in [0.15, 0.2) is 35.2 Å². The van der Waals surface area contributed by atoms with Crippen molar-refractivity contribution >= 4 is 40.3 Å². The monoisotopic (exact) mass is 342 g/mol. The molecule has 1 N–H and O–H groups in total. The second kappa shape index (κ2) is 6.34. The van der Waals surface area contributed by atoms with E-state index in [1.54, 1.807) is 0 Å². The van der Waals surface area contributed by atoms with Crippen molar-refractivity contribution in [3.63, 3.8) is 0 Å². The summed E-state index contributed by atoms with van der Waals surface area (Å²) in [6.07, 6.45) is 2.95. The quantitative estimate of drug-likeness (QED) is 0.672. The predicted octanol–water partition coefficient (Wildman–Crippen LogP) is 4.15. The molecule has 1 aliphatic rings. The Hall–Kier alpha value is -1.85. The van der Waals surface area contributed by atoms with Crippen LogP contribution in [0.5, 0.6) is 0 Å². The molecule has 5 heteroatoms. The first-order valence-corrected chi connectivity index (χ1v) is 8.75. The maximum Gasteiger partial charge on any atom is 0.263 e. The number of carbonyl (C=O) groups is 1. The molecule has 1 aliphatic heterocycles. The molecular weight excluding hydrogens is 324 g/mol. The minimum atomic E-state index is -0.114. The van der Waals surface area contributed by atoms with Crippen LogP contribution in [-0.4, -0.2) is 14.8 Å². The zero-order valence-corrected chi connectivity index (χ0v) is 15.0. The molecule has 3 nitrogen and oxygen atoms in total. The van der Waals surface area contributed by atoms with Crippen LogP contribution in [-0.2, 0) is 11.2 Å². The number of hydrogen-bond donors (Lipinski definition) is 1. The standard InChI is InChI=1S/C18H18N2OS2/c1-4-13-5-7-15(8-6-13)20-11(2)9-14(12(20)3)10-16-17(21)19-18(22)23-16/h5-10H,4H2,1-3H3,(H,19,21,22)/b16-10-. The molecule has 3 rings (SSSR count). The molecule has 0 radical (unpaired) electrons. The number of benzene rings is 1. The Labute approximate surface area is 145 Å². The van der Waals surface area contributed by atoms with Gasteiger partial charge in [0.1, 0.15) is 4.32 Å². The fourth-order valence-electron chi connectivity index (χ4n) is 2.77. The Kier molecular flexibility index (Phi) is 4.41. The highest BCUT2D eigenvalue weighted by atomic mass is 32.2. The Bertz CT molecular complexity index is 816. The van der Waals surface area contributed by atoms with Gasteiger partial charge in [-0.1, -0.05) is 43.0 Å². The van der Waals surface area contributed by atoms with Gasteiger partial charge in [0.15, 0.2) is 0 Å². The molecular formula is C18H18N2OS2. The van der Waals surface area contributed by atoms with E-state index in [0.29, 0.717) is 9.23 Å². The summed E-state index contributed by atoms with van der Waals surface area (Å²) >= 11 is 6.35. The van der Waals surface area contributed by atoms with Gasteiger partial charge in [-0.25, -0.2) is 0 Å². The lowest BCUT2D eigenvalue weighted by Gasteiger charge is -2.10. The average Bonchev–Trinajstić information content (AvgIpc) is 2.99. The molecule has 2 heterocycles. The number of nitrogens with zero attached hydrogens (tertiary/aromatic N) is 1. The first kappa shape index (κ1) is 16.0. The van der Waals surface area contributed by atoms with Gasteiger partial charge in [0.2, 0.25) is 0 Å². The highest BCUT2D eigenvalue weighted by molar-refractivity contribution is 8.26. The number of aryl methyl sites for hydroxylation is 2. The van der Waals surface area contributed by atoms with E-state index in [-0.39, 0.29) is 5.91 Å². The Morgan fingerprint density at radius 3 is 2.52 bits per heavy atom. The number of aromatic nitrogens is 1. The van der Waals surface area contributed by atoms with E-state index in [9.17, 15) is 4.79 Å². The van der Waals surface area contributed by atoms with Gasteiger partial charge in [-0.15, -0.1) is 0 Å². The molecule has 0 bridgehead atoms. The fourth-order valence-corrected chi connectivity index (χ4v) is 3.81. The van der Waals surface area contributed by atoms with Gasteiger partial charge in [0.05, 0.1) is 4.91 Å². The molecule has 0 atom stereocenters. The number of nitrogens with one attached hydrogen (secondary N) is 1. The number of thiocarbonyl (C=S) groups is 1. The molecule has 0 spiro atoms. The van der Waals surface area contributed by atoms with Crippen molar-refractivity contribution in [1.82, 2.24) is 9.88 Å². The van der Waals surface area contributed by atoms with Crippen molar-refractivity contribution in [2.75, 3.05) is 0 Å². The highest BCUT2D eigenvalue weighted by Gasteiger charge is 2.22. The maximum absolute atomic E-state index is 11.8. The van der Waals surface area contributed by atoms with Crippen molar-refractivity contribution in [2.24, 2.45) is 0 Å². The summed E-state index contributed by atoms with van der Waals surface area (Å²) in [4.78, 5) is 12.5. The third-order valence-corrected chi connectivity index (χ3v) is 5.16. The summed E-state index contributed by atoms with van der Waals surface area (Å²) < 4.78 is 2.73. The van der Waals surface area contributed by atoms with Crippen molar-refractivity contribution in [3.8, 4) is 5.69 Å². The topological polar surface area (TPSA) is 34.0 Å². The Morgan fingerprint density at radius 2 is 1.96 bits per heavy atom. The van der Waals surface area contributed by atoms with E-state index in [1.165, 1.54) is 17.3 Å². The summed E-state index contributed by atoms with van der Waals surface area (Å²) in [5, 5.41) is 2.65. The van der Waals surface area contributed by atoms with Gasteiger partial charge in [0, 0.05) is 17.1 Å². The summed E-state index contributed by atoms with van der Waals surface area (Å²) in [6.45, 7) is 6.30. The lowest BCUT2D eigenvalue weighted by molar-refractivity contribution is -0.115. The smallest absolute Gasteiger partial charge is 0.263 e. The van der Waals surface area contributed by atoms with Crippen LogP contribution in [0.3, 0.4) is 0 Å². The molecule has 0 saturated carbocycles. The molecule has 23 heavy (non-hydrogen) atoms. The fraction of sp³-hybridized carbons (Fsp3) is 0.222. The largest absolute Gasteiger partial charge is 0.318 e. The van der Waals surface area contributed by atoms with Crippen molar-refractivity contribution in [3.05, 3.63) is 57.8 Å². The molecule has 1 fully saturated rings. The normalized spacial score (nSPS) is 16.2. The average molecular weight is 342 g/mol. The number of hydrogen-bond acceptors (Lipinski definition) is 3. The minimum absolute atomic E-state index is 0.114. The molecule has 0 unspecified atom stereocenters. The lowest BCUT2D eigenvalue weighted by atomic mass is 10.1. The molecule has 1 amide bonds. The predicted molar refractivity (Wildman–Crippen MR) is 101 cm³/mol. The highest BCUT2D eigenvalue weighted by Crippen LogP contribution is 2.29. The summed E-state index contributed by atoms with van der Waals surface area (Å²) in [7, 11) is 0. The van der Waals surface area contributed by atoms with Gasteiger partial charge >= 0.3 is 0 Å². The van der Waals surface area contributed by atoms with Crippen LogP contribution in [0.4, 0.5) is 0 Å². The van der Waals surface area contributed by atoms with Crippen LogP contribution in [0.25, 0.3) is 11.8 Å².